The van der Waals surface area contributed by atoms with E-state index in [1.54, 1.807) is 38.7 Å². The van der Waals surface area contributed by atoms with Gasteiger partial charge in [0.2, 0.25) is 5.91 Å². The first kappa shape index (κ1) is 20.8. The standard InChI is InChI=1S/C19H29N3O5/c1-13-15(7-11-26-13)17(24)22-10-5-6-14(12-22)16(23)20-8-9-21-18(25)27-19(2,3)4/h7,11,14H,5-6,8-10,12H2,1-4H3,(H,20,23)(H,21,25)/t14-/m0/s1. The van der Waals surface area contributed by atoms with Crippen LogP contribution in [0.15, 0.2) is 16.7 Å². The number of hydrogen-bond acceptors (Lipinski definition) is 5. The number of hydrogen-bond donors (Lipinski definition) is 2. The summed E-state index contributed by atoms with van der Waals surface area (Å²) < 4.78 is 10.3. The third-order valence-corrected chi connectivity index (χ3v) is 4.26. The minimum atomic E-state index is -0.557. The zero-order chi connectivity index (χ0) is 20.0. The zero-order valence-corrected chi connectivity index (χ0v) is 16.5. The van der Waals surface area contributed by atoms with Crippen molar-refractivity contribution in [1.29, 1.82) is 0 Å². The average molecular weight is 379 g/mol. The van der Waals surface area contributed by atoms with Crippen LogP contribution in [0.4, 0.5) is 4.79 Å². The molecule has 1 saturated heterocycles. The van der Waals surface area contributed by atoms with E-state index in [4.69, 9.17) is 9.15 Å². The van der Waals surface area contributed by atoms with E-state index >= 15 is 0 Å². The van der Waals surface area contributed by atoms with Crippen molar-refractivity contribution < 1.29 is 23.5 Å². The maximum Gasteiger partial charge on any atom is 0.407 e. The van der Waals surface area contributed by atoms with E-state index < -0.39 is 11.7 Å². The van der Waals surface area contributed by atoms with E-state index in [1.807, 2.05) is 0 Å². The largest absolute Gasteiger partial charge is 0.469 e. The Morgan fingerprint density at radius 3 is 2.59 bits per heavy atom. The van der Waals surface area contributed by atoms with Gasteiger partial charge in [-0.25, -0.2) is 4.79 Å². The minimum Gasteiger partial charge on any atom is -0.469 e. The van der Waals surface area contributed by atoms with E-state index in [0.29, 0.717) is 31.0 Å². The Morgan fingerprint density at radius 1 is 1.26 bits per heavy atom. The lowest BCUT2D eigenvalue weighted by molar-refractivity contribution is -0.126. The van der Waals surface area contributed by atoms with Gasteiger partial charge in [0.15, 0.2) is 0 Å². The number of nitrogens with zero attached hydrogens (tertiary/aromatic N) is 1. The van der Waals surface area contributed by atoms with E-state index in [2.05, 4.69) is 10.6 Å². The molecule has 3 amide bonds. The number of piperidine rings is 1. The smallest absolute Gasteiger partial charge is 0.407 e. The quantitative estimate of drug-likeness (QED) is 0.763. The first-order valence-corrected chi connectivity index (χ1v) is 9.25. The van der Waals surface area contributed by atoms with Gasteiger partial charge in [-0.3, -0.25) is 9.59 Å². The van der Waals surface area contributed by atoms with Gasteiger partial charge in [0, 0.05) is 26.2 Å². The summed E-state index contributed by atoms with van der Waals surface area (Å²) in [6, 6.07) is 1.66. The summed E-state index contributed by atoms with van der Waals surface area (Å²) in [6.07, 6.45) is 2.49. The lowest BCUT2D eigenvalue weighted by atomic mass is 9.96. The highest BCUT2D eigenvalue weighted by molar-refractivity contribution is 5.95. The van der Waals surface area contributed by atoms with Gasteiger partial charge < -0.3 is 24.7 Å². The fourth-order valence-electron chi connectivity index (χ4n) is 2.96. The Hall–Kier alpha value is -2.51. The van der Waals surface area contributed by atoms with Crippen LogP contribution in [0.3, 0.4) is 0 Å². The predicted molar refractivity (Wildman–Crippen MR) is 99.3 cm³/mol. The molecule has 1 aromatic rings. The molecule has 0 spiro atoms. The maximum atomic E-state index is 12.6. The number of carbonyl (C=O) groups is 3. The molecule has 0 unspecified atom stereocenters. The summed E-state index contributed by atoms with van der Waals surface area (Å²) >= 11 is 0. The van der Waals surface area contributed by atoms with Crippen LogP contribution < -0.4 is 10.6 Å². The highest BCUT2D eigenvalue weighted by atomic mass is 16.6. The fourth-order valence-corrected chi connectivity index (χ4v) is 2.96. The Labute approximate surface area is 159 Å². The molecule has 0 aliphatic carbocycles. The van der Waals surface area contributed by atoms with Gasteiger partial charge in [0.05, 0.1) is 17.7 Å². The van der Waals surface area contributed by atoms with Crippen LogP contribution in [-0.4, -0.2) is 54.6 Å². The Kier molecular flexibility index (Phi) is 6.87. The maximum absolute atomic E-state index is 12.6. The first-order chi connectivity index (χ1) is 12.7. The van der Waals surface area contributed by atoms with E-state index in [0.717, 1.165) is 12.8 Å². The molecule has 1 aromatic heterocycles. The van der Waals surface area contributed by atoms with Crippen LogP contribution in [0, 0.1) is 12.8 Å². The Bertz CT molecular complexity index is 677. The summed E-state index contributed by atoms with van der Waals surface area (Å²) in [7, 11) is 0. The van der Waals surface area contributed by atoms with E-state index in [9.17, 15) is 14.4 Å². The number of likely N-dealkylation sites (tertiary alicyclic amines) is 1. The van der Waals surface area contributed by atoms with E-state index in [-0.39, 0.29) is 24.3 Å². The number of nitrogens with one attached hydrogen (secondary N) is 2. The second-order valence-electron chi connectivity index (χ2n) is 7.70. The van der Waals surface area contributed by atoms with Crippen molar-refractivity contribution in [2.75, 3.05) is 26.2 Å². The van der Waals surface area contributed by atoms with Crippen molar-refractivity contribution in [2.24, 2.45) is 5.92 Å². The molecule has 2 rings (SSSR count). The summed E-state index contributed by atoms with van der Waals surface area (Å²) in [6.45, 7) is 8.72. The van der Waals surface area contributed by atoms with Crippen LogP contribution in [0.1, 0.15) is 49.7 Å². The van der Waals surface area contributed by atoms with Crippen molar-refractivity contribution in [3.63, 3.8) is 0 Å². The van der Waals surface area contributed by atoms with Crippen LogP contribution in [0.25, 0.3) is 0 Å². The van der Waals surface area contributed by atoms with Gasteiger partial charge in [0.25, 0.3) is 5.91 Å². The van der Waals surface area contributed by atoms with E-state index in [1.165, 1.54) is 6.26 Å². The van der Waals surface area contributed by atoms with Crippen LogP contribution in [-0.2, 0) is 9.53 Å². The molecular weight excluding hydrogens is 350 g/mol. The van der Waals surface area contributed by atoms with Crippen LogP contribution >= 0.6 is 0 Å². The highest BCUT2D eigenvalue weighted by Gasteiger charge is 2.29. The molecule has 27 heavy (non-hydrogen) atoms. The highest BCUT2D eigenvalue weighted by Crippen LogP contribution is 2.20. The van der Waals surface area contributed by atoms with Crippen molar-refractivity contribution in [3.05, 3.63) is 23.7 Å². The molecule has 8 nitrogen and oxygen atoms in total. The molecular formula is C19H29N3O5. The zero-order valence-electron chi connectivity index (χ0n) is 16.5. The molecule has 0 bridgehead atoms. The number of carbonyl (C=O) groups excluding carboxylic acids is 3. The summed E-state index contributed by atoms with van der Waals surface area (Å²) in [5.74, 6) is 0.115. The molecule has 1 aliphatic rings. The monoisotopic (exact) mass is 379 g/mol. The number of amides is 3. The predicted octanol–water partition coefficient (Wildman–Crippen LogP) is 2.08. The molecule has 0 saturated carbocycles. The lowest BCUT2D eigenvalue weighted by Gasteiger charge is -2.32. The number of ether oxygens (including phenoxy) is 1. The van der Waals surface area contributed by atoms with Crippen molar-refractivity contribution >= 4 is 17.9 Å². The third-order valence-electron chi connectivity index (χ3n) is 4.26. The van der Waals surface area contributed by atoms with Gasteiger partial charge in [-0.15, -0.1) is 0 Å². The summed E-state index contributed by atoms with van der Waals surface area (Å²) in [5, 5.41) is 5.41. The lowest BCUT2D eigenvalue weighted by Crippen LogP contribution is -2.46. The third kappa shape index (κ3) is 6.30. The molecule has 1 atom stereocenters. The molecule has 2 heterocycles. The molecule has 8 heteroatoms. The number of aryl methyl sites for hydroxylation is 1. The Balaban J connectivity index is 1.75. The number of alkyl carbamates (subject to hydrolysis) is 1. The SMILES string of the molecule is Cc1occc1C(=O)N1CCC[C@H](C(=O)NCCNC(=O)OC(C)(C)C)C1. The minimum absolute atomic E-state index is 0.106. The van der Waals surface area contributed by atoms with Crippen LogP contribution in [0.2, 0.25) is 0 Å². The fraction of sp³-hybridized carbons (Fsp3) is 0.632. The van der Waals surface area contributed by atoms with Gasteiger partial charge >= 0.3 is 6.09 Å². The summed E-state index contributed by atoms with van der Waals surface area (Å²) in [5.41, 5.74) is -0.0173. The van der Waals surface area contributed by atoms with Gasteiger partial charge in [-0.1, -0.05) is 0 Å². The van der Waals surface area contributed by atoms with Gasteiger partial charge in [-0.05, 0) is 46.6 Å². The molecule has 0 radical (unpaired) electrons. The molecule has 1 aliphatic heterocycles. The second kappa shape index (κ2) is 8.92. The molecule has 1 fully saturated rings. The van der Waals surface area contributed by atoms with Gasteiger partial charge in [0.1, 0.15) is 11.4 Å². The molecule has 2 N–H and O–H groups in total. The van der Waals surface area contributed by atoms with Crippen molar-refractivity contribution in [2.45, 2.75) is 46.1 Å². The van der Waals surface area contributed by atoms with Crippen molar-refractivity contribution in [3.8, 4) is 0 Å². The molecule has 0 aromatic carbocycles. The average Bonchev–Trinajstić information content (AvgIpc) is 3.02. The van der Waals surface area contributed by atoms with Crippen molar-refractivity contribution in [1.82, 2.24) is 15.5 Å². The topological polar surface area (TPSA) is 101 Å². The molecule has 150 valence electrons. The number of furan rings is 1. The normalized spacial score (nSPS) is 17.3. The second-order valence-corrected chi connectivity index (χ2v) is 7.70. The summed E-state index contributed by atoms with van der Waals surface area (Å²) in [4.78, 5) is 38.2. The van der Waals surface area contributed by atoms with Gasteiger partial charge in [-0.2, -0.15) is 0 Å². The first-order valence-electron chi connectivity index (χ1n) is 9.25. The number of rotatable bonds is 5. The van der Waals surface area contributed by atoms with Crippen LogP contribution in [0.5, 0.6) is 0 Å². The Morgan fingerprint density at radius 2 is 1.96 bits per heavy atom.